The molecule has 0 aromatic carbocycles. The second-order valence-corrected chi connectivity index (χ2v) is 28.2. The van der Waals surface area contributed by atoms with Crippen molar-refractivity contribution < 1.29 is 51.4 Å². The number of ether oxygens (including phenoxy) is 7. The van der Waals surface area contributed by atoms with Crippen molar-refractivity contribution in [2.75, 3.05) is 27.8 Å². The molecular weight excluding hydrogens is 1280 g/mol. The third kappa shape index (κ3) is 17.5. The van der Waals surface area contributed by atoms with E-state index in [0.29, 0.717) is 70.6 Å². The minimum atomic E-state index is -1.20. The Morgan fingerprint density at radius 2 is 0.840 bits per heavy atom. The van der Waals surface area contributed by atoms with Gasteiger partial charge in [-0.05, 0) is 137 Å². The highest BCUT2D eigenvalue weighted by Crippen LogP contribution is 2.38. The number of methoxy groups -OCH3 is 2. The maximum absolute atomic E-state index is 15.1. The SMILES string of the molecule is COCOc1cc(-n2cnc(C)c2)cnc1-c1ccc(O[C@H]2CC(C)(C)NC(C)(C)[C@H]2F)nn1.COCOc1cc(Br)cnc1-c1ccc(O[C@H]2CC(C)(C)NC(C)(C)[C@H]2F)nn1.Cc1cn(-c2cnc(-c3ccc(O[C@H]4CC(C)(C)NC(C)(C)[C@H]4F)nn3)c(O)c2)cn1. The second-order valence-electron chi connectivity index (χ2n) is 27.3. The zero-order chi connectivity index (χ0) is 68.1. The summed E-state index contributed by atoms with van der Waals surface area (Å²) in [6.07, 6.45) is 8.11. The van der Waals surface area contributed by atoms with E-state index in [1.807, 2.05) is 120 Å². The van der Waals surface area contributed by atoms with Crippen LogP contribution in [-0.4, -0.2) is 168 Å². The number of rotatable bonds is 17. The molecule has 3 aliphatic rings. The van der Waals surface area contributed by atoms with E-state index in [1.165, 1.54) is 0 Å². The first-order valence-corrected chi connectivity index (χ1v) is 31.4. The van der Waals surface area contributed by atoms with Crippen LogP contribution in [0.15, 0.2) is 103 Å². The summed E-state index contributed by atoms with van der Waals surface area (Å²) in [5.41, 5.74) is 3.02. The van der Waals surface area contributed by atoms with Crippen LogP contribution in [0.25, 0.3) is 45.5 Å². The Kier molecular flexibility index (Phi) is 21.3. The van der Waals surface area contributed by atoms with Gasteiger partial charge >= 0.3 is 0 Å². The minimum Gasteiger partial charge on any atom is -0.506 e. The van der Waals surface area contributed by atoms with Crippen molar-refractivity contribution >= 4 is 15.9 Å². The van der Waals surface area contributed by atoms with Gasteiger partial charge in [-0.3, -0.25) is 0 Å². The molecule has 11 rings (SSSR count). The Balaban J connectivity index is 0.000000167. The molecule has 4 N–H and O–H groups in total. The number of nitrogens with zero attached hydrogens (tertiary/aromatic N) is 13. The van der Waals surface area contributed by atoms with Crippen LogP contribution in [0.5, 0.6) is 34.9 Å². The van der Waals surface area contributed by atoms with Crippen LogP contribution < -0.4 is 39.6 Å². The van der Waals surface area contributed by atoms with Gasteiger partial charge in [-0.1, -0.05) is 0 Å². The molecule has 8 aromatic rings. The third-order valence-electron chi connectivity index (χ3n) is 15.8. The van der Waals surface area contributed by atoms with Gasteiger partial charge in [0.2, 0.25) is 17.6 Å². The number of piperidine rings is 3. The van der Waals surface area contributed by atoms with E-state index in [2.05, 4.69) is 87.4 Å². The fourth-order valence-electron chi connectivity index (χ4n) is 12.2. The zero-order valence-corrected chi connectivity index (χ0v) is 57.5. The van der Waals surface area contributed by atoms with Crippen molar-refractivity contribution in [2.24, 2.45) is 0 Å². The Morgan fingerprint density at radius 1 is 0.489 bits per heavy atom. The number of pyridine rings is 3. The normalized spacial score (nSPS) is 22.1. The van der Waals surface area contributed by atoms with Crippen molar-refractivity contribution in [3.05, 3.63) is 114 Å². The molecule has 3 aliphatic heterocycles. The first-order valence-electron chi connectivity index (χ1n) is 30.7. The third-order valence-corrected chi connectivity index (χ3v) is 16.3. The highest BCUT2D eigenvalue weighted by Gasteiger charge is 2.50. The predicted octanol–water partition coefficient (Wildman–Crippen LogP) is 10.9. The summed E-state index contributed by atoms with van der Waals surface area (Å²) in [4.78, 5) is 21.6. The van der Waals surface area contributed by atoms with Crippen LogP contribution in [0, 0.1) is 13.8 Å². The number of aromatic nitrogens is 13. The predicted molar refractivity (Wildman–Crippen MR) is 350 cm³/mol. The molecule has 0 saturated carbocycles. The molecule has 0 unspecified atom stereocenters. The highest BCUT2D eigenvalue weighted by atomic mass is 79.9. The first-order chi connectivity index (χ1) is 44.2. The average Bonchev–Trinajstić information content (AvgIpc) is 0.980. The van der Waals surface area contributed by atoms with E-state index in [9.17, 15) is 13.9 Å². The van der Waals surface area contributed by atoms with Crippen molar-refractivity contribution in [1.29, 1.82) is 0 Å². The molecule has 0 aliphatic carbocycles. The summed E-state index contributed by atoms with van der Waals surface area (Å²) in [6, 6.07) is 15.3. The number of aryl methyl sites for hydroxylation is 2. The summed E-state index contributed by atoms with van der Waals surface area (Å²) in [5, 5.41) is 45.4. The summed E-state index contributed by atoms with van der Waals surface area (Å²) in [6.45, 7) is 27.1. The number of halogens is 4. The lowest BCUT2D eigenvalue weighted by Gasteiger charge is -2.48. The van der Waals surface area contributed by atoms with E-state index in [4.69, 9.17) is 33.2 Å². The largest absolute Gasteiger partial charge is 0.506 e. The Hall–Kier alpha value is -8.02. The molecule has 3 fully saturated rings. The zero-order valence-electron chi connectivity index (χ0n) is 55.9. The monoisotopic (exact) mass is 1360 g/mol. The summed E-state index contributed by atoms with van der Waals surface area (Å²) in [7, 11) is 3.09. The lowest BCUT2D eigenvalue weighted by atomic mass is 9.79. The molecule has 0 radical (unpaired) electrons. The molecule has 94 heavy (non-hydrogen) atoms. The van der Waals surface area contributed by atoms with Crippen LogP contribution in [0.1, 0.15) is 114 Å². The van der Waals surface area contributed by atoms with E-state index in [1.54, 1.807) is 98.6 Å². The van der Waals surface area contributed by atoms with Gasteiger partial charge in [-0.2, -0.15) is 0 Å². The quantitative estimate of drug-likeness (QED) is 0.0617. The van der Waals surface area contributed by atoms with Crippen LogP contribution in [0.3, 0.4) is 0 Å². The number of hydrogen-bond donors (Lipinski definition) is 4. The van der Waals surface area contributed by atoms with E-state index < -0.39 is 53.4 Å². The molecule has 28 heteroatoms. The van der Waals surface area contributed by atoms with Crippen LogP contribution in [0.2, 0.25) is 0 Å². The van der Waals surface area contributed by atoms with Gasteiger partial charge in [-0.25, -0.2) is 38.1 Å². The Morgan fingerprint density at radius 3 is 1.18 bits per heavy atom. The van der Waals surface area contributed by atoms with Gasteiger partial charge in [0.05, 0.1) is 47.8 Å². The van der Waals surface area contributed by atoms with Gasteiger partial charge in [-0.15, -0.1) is 30.6 Å². The molecule has 8 aromatic heterocycles. The molecule has 11 heterocycles. The molecule has 6 atom stereocenters. The van der Waals surface area contributed by atoms with Gasteiger partial charge in [0.15, 0.2) is 43.6 Å². The van der Waals surface area contributed by atoms with Crippen molar-refractivity contribution in [3.8, 4) is 80.4 Å². The molecular formula is C66H84BrF3N16O8. The van der Waals surface area contributed by atoms with Crippen molar-refractivity contribution in [3.63, 3.8) is 0 Å². The second kappa shape index (κ2) is 28.5. The molecule has 0 bridgehead atoms. The smallest absolute Gasteiger partial charge is 0.233 e. The van der Waals surface area contributed by atoms with E-state index in [0.717, 1.165) is 21.5 Å². The number of nitrogens with one attached hydrogen (secondary N) is 3. The minimum absolute atomic E-state index is 0.0301. The average molecular weight is 1370 g/mol. The van der Waals surface area contributed by atoms with Crippen molar-refractivity contribution in [1.82, 2.24) is 80.6 Å². The highest BCUT2D eigenvalue weighted by molar-refractivity contribution is 9.10. The van der Waals surface area contributed by atoms with Gasteiger partial charge < -0.3 is 63.3 Å². The number of aromatic hydroxyl groups is 1. The van der Waals surface area contributed by atoms with Gasteiger partial charge in [0.1, 0.15) is 58.2 Å². The standard InChI is InChI=1S/C24H31FN6O3.C22H27FN6O2.C20H26BrFN4O3/c1-15-12-31(13-27-15)16-9-18(33-14-32-6)21(26-11-16)17-7-8-20(29-28-17)34-19-10-23(2,3)30-24(4,5)22(19)25;1-13-11-29(12-25-13)14-8-16(30)19(24-10-14)15-6-7-18(27-26-15)31-17-9-21(2,3)28-22(4,5)20(17)23;1-19(2)9-15(18(22)20(3,4)26-19)29-16-7-6-13(24-25-16)17-14(28-11-27-5)8-12(21)10-23-17/h7-9,11-13,19,22,30H,10,14H2,1-6H3;6-8,10-12,17,20,28,30H,9H2,1-5H3;6-8,10,15,18,26H,9,11H2,1-5H3/t19-,22-;17-,20-;15-,18-/m000/s1. The number of alkyl halides is 3. The lowest BCUT2D eigenvalue weighted by molar-refractivity contribution is -0.0283. The maximum atomic E-state index is 15.1. The van der Waals surface area contributed by atoms with E-state index >= 15 is 4.39 Å². The first kappa shape index (κ1) is 70.3. The van der Waals surface area contributed by atoms with Crippen LogP contribution in [-0.2, 0) is 9.47 Å². The summed E-state index contributed by atoms with van der Waals surface area (Å²) < 4.78 is 88.3. The van der Waals surface area contributed by atoms with Gasteiger partial charge in [0, 0.05) is 120 Å². The Bertz CT molecular complexity index is 3840. The molecule has 0 amide bonds. The Labute approximate surface area is 554 Å². The molecule has 3 saturated heterocycles. The number of hydrogen-bond acceptors (Lipinski definition) is 22. The molecule has 0 spiro atoms. The topological polar surface area (TPSA) is 273 Å². The van der Waals surface area contributed by atoms with Crippen LogP contribution in [0.4, 0.5) is 13.2 Å². The lowest BCUT2D eigenvalue weighted by Crippen LogP contribution is -2.66. The van der Waals surface area contributed by atoms with Gasteiger partial charge in [0.25, 0.3) is 0 Å². The fraction of sp³-hybridized carbons (Fsp3) is 0.500. The van der Waals surface area contributed by atoms with Crippen LogP contribution >= 0.6 is 15.9 Å². The summed E-state index contributed by atoms with van der Waals surface area (Å²) in [5.74, 6) is 1.72. The molecule has 24 nitrogen and oxygen atoms in total. The molecule has 504 valence electrons. The summed E-state index contributed by atoms with van der Waals surface area (Å²) >= 11 is 3.37. The number of imidazole rings is 2. The van der Waals surface area contributed by atoms with Crippen molar-refractivity contribution in [2.45, 2.75) is 186 Å². The maximum Gasteiger partial charge on any atom is 0.233 e. The van der Waals surface area contributed by atoms with E-state index in [-0.39, 0.29) is 53.6 Å². The fourth-order valence-corrected chi connectivity index (χ4v) is 12.5.